The average Bonchev–Trinajstić information content (AvgIpc) is 2.46. The van der Waals surface area contributed by atoms with Crippen molar-refractivity contribution < 1.29 is 0 Å². The van der Waals surface area contributed by atoms with E-state index in [9.17, 15) is 0 Å². The zero-order valence-electron chi connectivity index (χ0n) is 9.96. The van der Waals surface area contributed by atoms with Crippen molar-refractivity contribution in [1.82, 2.24) is 9.78 Å². The van der Waals surface area contributed by atoms with Gasteiger partial charge in [0.15, 0.2) is 0 Å². The van der Waals surface area contributed by atoms with Gasteiger partial charge in [-0.2, -0.15) is 16.9 Å². The lowest BCUT2D eigenvalue weighted by Gasteiger charge is -2.38. The summed E-state index contributed by atoms with van der Waals surface area (Å²) >= 11 is 4.29. The average molecular weight is 351 g/mol. The lowest BCUT2D eigenvalue weighted by molar-refractivity contribution is 0.211. The van der Waals surface area contributed by atoms with Crippen molar-refractivity contribution >= 4 is 40.2 Å². The van der Waals surface area contributed by atoms with Gasteiger partial charge >= 0.3 is 0 Å². The van der Waals surface area contributed by atoms with Crippen molar-refractivity contribution in [2.75, 3.05) is 17.2 Å². The van der Waals surface area contributed by atoms with Gasteiger partial charge in [-0.3, -0.25) is 0 Å². The first-order chi connectivity index (χ1) is 7.43. The van der Waals surface area contributed by atoms with Crippen LogP contribution in [-0.2, 0) is 0 Å². The Kier molecular flexibility index (Phi) is 3.45. The molecule has 0 aromatic carbocycles. The number of halogens is 1. The molecular formula is C11H18IN3S. The molecule has 0 radical (unpaired) electrons. The predicted octanol–water partition coefficient (Wildman–Crippen LogP) is 3.08. The summed E-state index contributed by atoms with van der Waals surface area (Å²) in [5.41, 5.74) is 7.48. The second kappa shape index (κ2) is 4.40. The van der Waals surface area contributed by atoms with Crippen molar-refractivity contribution in [3.63, 3.8) is 0 Å². The Morgan fingerprint density at radius 1 is 1.56 bits per heavy atom. The van der Waals surface area contributed by atoms with E-state index in [0.29, 0.717) is 11.5 Å². The van der Waals surface area contributed by atoms with Crippen molar-refractivity contribution in [3.05, 3.63) is 9.26 Å². The molecule has 3 nitrogen and oxygen atoms in total. The predicted molar refractivity (Wildman–Crippen MR) is 78.9 cm³/mol. The minimum absolute atomic E-state index is 0.293. The maximum atomic E-state index is 6.14. The first kappa shape index (κ1) is 12.5. The molecule has 0 saturated carbocycles. The minimum Gasteiger partial charge on any atom is -0.383 e. The van der Waals surface area contributed by atoms with Crippen LogP contribution in [0.2, 0.25) is 0 Å². The second-order valence-electron chi connectivity index (χ2n) is 5.06. The van der Waals surface area contributed by atoms with Crippen LogP contribution in [0, 0.1) is 15.9 Å². The van der Waals surface area contributed by atoms with Crippen LogP contribution in [0.1, 0.15) is 32.0 Å². The first-order valence-corrected chi connectivity index (χ1v) is 7.74. The van der Waals surface area contributed by atoms with Crippen molar-refractivity contribution in [3.8, 4) is 0 Å². The first-order valence-electron chi connectivity index (χ1n) is 5.51. The van der Waals surface area contributed by atoms with Gasteiger partial charge in [-0.1, -0.05) is 13.8 Å². The SMILES string of the molecule is Cc1nn(C2CSCCC2(C)C)c(N)c1I. The molecule has 1 fully saturated rings. The number of nitrogen functional groups attached to an aromatic ring is 1. The molecule has 0 bridgehead atoms. The maximum Gasteiger partial charge on any atom is 0.135 e. The van der Waals surface area contributed by atoms with E-state index in [2.05, 4.69) is 41.5 Å². The fourth-order valence-electron chi connectivity index (χ4n) is 2.11. The van der Waals surface area contributed by atoms with Crippen LogP contribution in [0.5, 0.6) is 0 Å². The molecule has 1 aliphatic heterocycles. The summed E-state index contributed by atoms with van der Waals surface area (Å²) < 4.78 is 3.15. The van der Waals surface area contributed by atoms with Gasteiger partial charge < -0.3 is 5.73 Å². The third-order valence-corrected chi connectivity index (χ3v) is 5.79. The van der Waals surface area contributed by atoms with Crippen molar-refractivity contribution in [1.29, 1.82) is 0 Å². The Morgan fingerprint density at radius 2 is 2.25 bits per heavy atom. The summed E-state index contributed by atoms with van der Waals surface area (Å²) in [7, 11) is 0. The summed E-state index contributed by atoms with van der Waals surface area (Å²) in [4.78, 5) is 0. The van der Waals surface area contributed by atoms with Crippen LogP contribution in [0.25, 0.3) is 0 Å². The molecule has 0 aliphatic carbocycles. The zero-order chi connectivity index (χ0) is 11.9. The highest BCUT2D eigenvalue weighted by atomic mass is 127. The number of aryl methyl sites for hydroxylation is 1. The van der Waals surface area contributed by atoms with E-state index in [1.54, 1.807) is 0 Å². The molecule has 1 aliphatic rings. The molecule has 0 spiro atoms. The molecule has 1 atom stereocenters. The fourth-order valence-corrected chi connectivity index (χ4v) is 4.11. The normalized spacial score (nSPS) is 24.6. The molecule has 0 amide bonds. The molecule has 1 aromatic rings. The summed E-state index contributed by atoms with van der Waals surface area (Å²) in [6.07, 6.45) is 1.23. The third-order valence-electron chi connectivity index (χ3n) is 3.41. The largest absolute Gasteiger partial charge is 0.383 e. The van der Waals surface area contributed by atoms with Gasteiger partial charge in [0.05, 0.1) is 15.3 Å². The Balaban J connectivity index is 2.39. The minimum atomic E-state index is 0.293. The van der Waals surface area contributed by atoms with Gasteiger partial charge in [0.1, 0.15) is 5.82 Å². The van der Waals surface area contributed by atoms with Crippen LogP contribution < -0.4 is 5.73 Å². The van der Waals surface area contributed by atoms with Crippen molar-refractivity contribution in [2.45, 2.75) is 33.2 Å². The van der Waals surface area contributed by atoms with E-state index in [1.165, 1.54) is 12.2 Å². The molecule has 2 rings (SSSR count). The highest BCUT2D eigenvalue weighted by molar-refractivity contribution is 14.1. The molecule has 1 aromatic heterocycles. The van der Waals surface area contributed by atoms with Crippen LogP contribution in [0.3, 0.4) is 0 Å². The van der Waals surface area contributed by atoms with E-state index in [4.69, 9.17) is 5.73 Å². The molecular weight excluding hydrogens is 333 g/mol. The summed E-state index contributed by atoms with van der Waals surface area (Å²) in [5.74, 6) is 3.20. The van der Waals surface area contributed by atoms with E-state index in [1.807, 2.05) is 23.4 Å². The van der Waals surface area contributed by atoms with Crippen molar-refractivity contribution in [2.24, 2.45) is 5.41 Å². The molecule has 90 valence electrons. The topological polar surface area (TPSA) is 43.8 Å². The van der Waals surface area contributed by atoms with E-state index < -0.39 is 0 Å². The number of nitrogens with zero attached hydrogens (tertiary/aromatic N) is 2. The summed E-state index contributed by atoms with van der Waals surface area (Å²) in [5, 5.41) is 4.60. The number of anilines is 1. The quantitative estimate of drug-likeness (QED) is 0.791. The van der Waals surface area contributed by atoms with Gasteiger partial charge in [-0.05, 0) is 47.1 Å². The standard InChI is InChI=1S/C11H18IN3S/c1-7-9(12)10(13)15(14-7)8-6-16-5-4-11(8,2)3/h8H,4-6,13H2,1-3H3. The maximum absolute atomic E-state index is 6.14. The number of hydrogen-bond donors (Lipinski definition) is 1. The number of thioether (sulfide) groups is 1. The molecule has 2 N–H and O–H groups in total. The highest BCUT2D eigenvalue weighted by Gasteiger charge is 2.36. The lowest BCUT2D eigenvalue weighted by Crippen LogP contribution is -2.34. The zero-order valence-corrected chi connectivity index (χ0v) is 12.9. The Morgan fingerprint density at radius 3 is 2.75 bits per heavy atom. The molecule has 5 heteroatoms. The third kappa shape index (κ3) is 2.08. The summed E-state index contributed by atoms with van der Waals surface area (Å²) in [6, 6.07) is 0.425. The van der Waals surface area contributed by atoms with E-state index >= 15 is 0 Å². The number of nitrogens with two attached hydrogens (primary N) is 1. The van der Waals surface area contributed by atoms with Gasteiger partial charge in [0.2, 0.25) is 0 Å². The van der Waals surface area contributed by atoms with Gasteiger partial charge in [-0.25, -0.2) is 4.68 Å². The Bertz CT molecular complexity index is 400. The highest BCUT2D eigenvalue weighted by Crippen LogP contribution is 2.43. The fraction of sp³-hybridized carbons (Fsp3) is 0.727. The lowest BCUT2D eigenvalue weighted by atomic mass is 9.82. The van der Waals surface area contributed by atoms with E-state index in [0.717, 1.165) is 20.8 Å². The van der Waals surface area contributed by atoms with Crippen LogP contribution in [0.15, 0.2) is 0 Å². The summed E-state index contributed by atoms with van der Waals surface area (Å²) in [6.45, 7) is 6.67. The number of rotatable bonds is 1. The second-order valence-corrected chi connectivity index (χ2v) is 7.29. The van der Waals surface area contributed by atoms with Crippen LogP contribution in [0.4, 0.5) is 5.82 Å². The smallest absolute Gasteiger partial charge is 0.135 e. The van der Waals surface area contributed by atoms with Gasteiger partial charge in [0, 0.05) is 5.75 Å². The number of aromatic nitrogens is 2. The number of hydrogen-bond acceptors (Lipinski definition) is 3. The molecule has 1 unspecified atom stereocenters. The van der Waals surface area contributed by atoms with E-state index in [-0.39, 0.29) is 0 Å². The Labute approximate surface area is 115 Å². The van der Waals surface area contributed by atoms with Crippen LogP contribution >= 0.6 is 34.4 Å². The van der Waals surface area contributed by atoms with Gasteiger partial charge in [-0.15, -0.1) is 0 Å². The van der Waals surface area contributed by atoms with Gasteiger partial charge in [0.25, 0.3) is 0 Å². The molecule has 2 heterocycles. The van der Waals surface area contributed by atoms with Crippen LogP contribution in [-0.4, -0.2) is 21.3 Å². The Hall–Kier alpha value is 0.0900. The molecule has 1 saturated heterocycles. The molecule has 16 heavy (non-hydrogen) atoms. The monoisotopic (exact) mass is 351 g/mol.